The van der Waals surface area contributed by atoms with Gasteiger partial charge in [-0.05, 0) is 51.1 Å². The number of benzene rings is 1. The molecule has 1 amide bonds. The van der Waals surface area contributed by atoms with Crippen LogP contribution < -0.4 is 15.0 Å². The molecule has 1 aromatic carbocycles. The smallest absolute Gasteiger partial charge is 0.410 e. The van der Waals surface area contributed by atoms with E-state index in [9.17, 15) is 4.79 Å². The third-order valence-corrected chi connectivity index (χ3v) is 4.92. The standard InChI is InChI=1S/C17H25N3O2/c1-11(2)18-16(21)22-12-6-7-14-13(10-12)17(3)8-9-19(4)15(17)20(14)5/h6-7,10-11,15H,8-9H2,1-5H3,(H,18,21)/t15?,17-/m0/s1. The van der Waals surface area contributed by atoms with Gasteiger partial charge in [-0.1, -0.05) is 6.92 Å². The van der Waals surface area contributed by atoms with Gasteiger partial charge in [0.05, 0.1) is 6.17 Å². The van der Waals surface area contributed by atoms with Crippen LogP contribution in [0.5, 0.6) is 5.75 Å². The van der Waals surface area contributed by atoms with Gasteiger partial charge in [0.25, 0.3) is 0 Å². The van der Waals surface area contributed by atoms with Crippen molar-refractivity contribution in [1.29, 1.82) is 0 Å². The number of nitrogens with one attached hydrogen (secondary N) is 1. The Bertz CT molecular complexity index is 602. The Morgan fingerprint density at radius 2 is 2.14 bits per heavy atom. The lowest BCUT2D eigenvalue weighted by Crippen LogP contribution is -2.45. The lowest BCUT2D eigenvalue weighted by molar-refractivity contribution is 0.197. The van der Waals surface area contributed by atoms with Crippen LogP contribution in [0.1, 0.15) is 32.8 Å². The Hall–Kier alpha value is -1.75. The van der Waals surface area contributed by atoms with E-state index in [1.54, 1.807) is 0 Å². The van der Waals surface area contributed by atoms with Crippen LogP contribution in [-0.4, -0.2) is 43.8 Å². The first-order chi connectivity index (χ1) is 10.3. The van der Waals surface area contributed by atoms with Crippen LogP contribution in [0.2, 0.25) is 0 Å². The second-order valence-electron chi connectivity index (χ2n) is 7.00. The molecule has 0 aliphatic carbocycles. The zero-order valence-corrected chi connectivity index (χ0v) is 14.0. The average molecular weight is 303 g/mol. The third-order valence-electron chi connectivity index (χ3n) is 4.92. The molecule has 3 rings (SSSR count). The van der Waals surface area contributed by atoms with Crippen LogP contribution in [0.25, 0.3) is 0 Å². The molecule has 5 nitrogen and oxygen atoms in total. The monoisotopic (exact) mass is 303 g/mol. The molecule has 2 aliphatic heterocycles. The summed E-state index contributed by atoms with van der Waals surface area (Å²) in [5, 5.41) is 2.75. The number of fused-ring (bicyclic) bond motifs is 3. The van der Waals surface area contributed by atoms with Crippen LogP contribution in [0, 0.1) is 0 Å². The van der Waals surface area contributed by atoms with Gasteiger partial charge in [-0.3, -0.25) is 4.90 Å². The molecule has 1 fully saturated rings. The molecule has 1 aromatic rings. The number of amides is 1. The highest BCUT2D eigenvalue weighted by atomic mass is 16.6. The number of hydrogen-bond acceptors (Lipinski definition) is 4. The highest BCUT2D eigenvalue weighted by molar-refractivity contribution is 5.72. The molecule has 120 valence electrons. The van der Waals surface area contributed by atoms with E-state index in [1.807, 2.05) is 26.0 Å². The number of likely N-dealkylation sites (N-methyl/N-ethyl adjacent to an activating group) is 2. The normalized spacial score (nSPS) is 27.0. The van der Waals surface area contributed by atoms with E-state index in [2.05, 4.69) is 42.2 Å². The van der Waals surface area contributed by atoms with Crippen molar-refractivity contribution in [1.82, 2.24) is 10.2 Å². The van der Waals surface area contributed by atoms with Crippen molar-refractivity contribution < 1.29 is 9.53 Å². The van der Waals surface area contributed by atoms with E-state index in [4.69, 9.17) is 4.74 Å². The maximum atomic E-state index is 11.8. The molecule has 2 atom stereocenters. The molecular formula is C17H25N3O2. The Balaban J connectivity index is 1.89. The molecule has 2 aliphatic rings. The van der Waals surface area contributed by atoms with Crippen molar-refractivity contribution in [2.75, 3.05) is 25.5 Å². The summed E-state index contributed by atoms with van der Waals surface area (Å²) in [7, 11) is 4.31. The number of likely N-dealkylation sites (tertiary alicyclic amines) is 1. The van der Waals surface area contributed by atoms with Crippen LogP contribution in [0.15, 0.2) is 18.2 Å². The molecule has 0 saturated carbocycles. The first-order valence-corrected chi connectivity index (χ1v) is 7.89. The quantitative estimate of drug-likeness (QED) is 0.912. The number of rotatable bonds is 2. The van der Waals surface area contributed by atoms with Gasteiger partial charge in [0.2, 0.25) is 0 Å². The average Bonchev–Trinajstić information content (AvgIpc) is 2.84. The van der Waals surface area contributed by atoms with E-state index in [-0.39, 0.29) is 11.5 Å². The summed E-state index contributed by atoms with van der Waals surface area (Å²) >= 11 is 0. The molecule has 0 radical (unpaired) electrons. The maximum absolute atomic E-state index is 11.8. The summed E-state index contributed by atoms with van der Waals surface area (Å²) in [5.41, 5.74) is 2.60. The number of hydrogen-bond donors (Lipinski definition) is 1. The third kappa shape index (κ3) is 2.24. The zero-order valence-electron chi connectivity index (χ0n) is 14.0. The summed E-state index contributed by atoms with van der Waals surface area (Å²) < 4.78 is 5.42. The fraction of sp³-hybridized carbons (Fsp3) is 0.588. The van der Waals surface area contributed by atoms with E-state index < -0.39 is 6.09 Å². The van der Waals surface area contributed by atoms with E-state index >= 15 is 0 Å². The molecule has 1 saturated heterocycles. The van der Waals surface area contributed by atoms with Gasteiger partial charge >= 0.3 is 6.09 Å². The molecule has 2 heterocycles. The molecule has 1 N–H and O–H groups in total. The van der Waals surface area contributed by atoms with Crippen molar-refractivity contribution in [2.45, 2.75) is 44.8 Å². The first-order valence-electron chi connectivity index (χ1n) is 7.89. The zero-order chi connectivity index (χ0) is 16.1. The van der Waals surface area contributed by atoms with Crippen molar-refractivity contribution in [3.05, 3.63) is 23.8 Å². The largest absolute Gasteiger partial charge is 0.412 e. The summed E-state index contributed by atoms with van der Waals surface area (Å²) in [6.07, 6.45) is 1.10. The summed E-state index contributed by atoms with van der Waals surface area (Å²) in [6, 6.07) is 6.04. The number of anilines is 1. The van der Waals surface area contributed by atoms with Crippen molar-refractivity contribution >= 4 is 11.8 Å². The SMILES string of the molecule is CC(C)NC(=O)Oc1ccc2c(c1)[C@]1(C)CCN(C)C1N2C. The van der Waals surface area contributed by atoms with Crippen LogP contribution in [-0.2, 0) is 5.41 Å². The summed E-state index contributed by atoms with van der Waals surface area (Å²) in [4.78, 5) is 16.5. The van der Waals surface area contributed by atoms with Gasteiger partial charge in [-0.2, -0.15) is 0 Å². The Morgan fingerprint density at radius 1 is 1.41 bits per heavy atom. The van der Waals surface area contributed by atoms with Gasteiger partial charge in [-0.15, -0.1) is 0 Å². The van der Waals surface area contributed by atoms with E-state index in [0.717, 1.165) is 13.0 Å². The second-order valence-corrected chi connectivity index (χ2v) is 7.00. The minimum absolute atomic E-state index is 0.0680. The molecule has 0 spiro atoms. The first kappa shape index (κ1) is 15.2. The van der Waals surface area contributed by atoms with Crippen LogP contribution in [0.3, 0.4) is 0 Å². The van der Waals surface area contributed by atoms with Crippen molar-refractivity contribution in [2.24, 2.45) is 0 Å². The van der Waals surface area contributed by atoms with Gasteiger partial charge in [0, 0.05) is 30.7 Å². The predicted octanol–water partition coefficient (Wildman–Crippen LogP) is 2.55. The van der Waals surface area contributed by atoms with Crippen LogP contribution in [0.4, 0.5) is 10.5 Å². The van der Waals surface area contributed by atoms with Gasteiger partial charge in [-0.25, -0.2) is 4.79 Å². The lowest BCUT2D eigenvalue weighted by atomic mass is 9.81. The minimum Gasteiger partial charge on any atom is -0.410 e. The molecule has 0 aromatic heterocycles. The fourth-order valence-electron chi connectivity index (χ4n) is 3.99. The predicted molar refractivity (Wildman–Crippen MR) is 87.5 cm³/mol. The van der Waals surface area contributed by atoms with E-state index in [1.165, 1.54) is 11.3 Å². The highest BCUT2D eigenvalue weighted by Crippen LogP contribution is 2.51. The van der Waals surface area contributed by atoms with Crippen molar-refractivity contribution in [3.63, 3.8) is 0 Å². The maximum Gasteiger partial charge on any atom is 0.412 e. The minimum atomic E-state index is -0.397. The highest BCUT2D eigenvalue weighted by Gasteiger charge is 2.52. The van der Waals surface area contributed by atoms with E-state index in [0.29, 0.717) is 11.9 Å². The summed E-state index contributed by atoms with van der Waals surface area (Å²) in [5.74, 6) is 0.613. The Morgan fingerprint density at radius 3 is 2.82 bits per heavy atom. The molecule has 1 unspecified atom stereocenters. The second kappa shape index (κ2) is 5.16. The number of carbonyl (C=O) groups is 1. The Labute approximate surface area is 132 Å². The van der Waals surface area contributed by atoms with Gasteiger partial charge < -0.3 is 15.0 Å². The van der Waals surface area contributed by atoms with Gasteiger partial charge in [0.1, 0.15) is 5.75 Å². The van der Waals surface area contributed by atoms with Crippen molar-refractivity contribution in [3.8, 4) is 5.75 Å². The molecule has 5 heteroatoms. The molecule has 22 heavy (non-hydrogen) atoms. The molecule has 0 bridgehead atoms. The number of nitrogens with zero attached hydrogens (tertiary/aromatic N) is 2. The molecular weight excluding hydrogens is 278 g/mol. The summed E-state index contributed by atoms with van der Waals surface area (Å²) in [6.45, 7) is 7.23. The van der Waals surface area contributed by atoms with Crippen LogP contribution >= 0.6 is 0 Å². The number of ether oxygens (including phenoxy) is 1. The topological polar surface area (TPSA) is 44.8 Å². The lowest BCUT2D eigenvalue weighted by Gasteiger charge is -2.32. The van der Waals surface area contributed by atoms with Gasteiger partial charge in [0.15, 0.2) is 0 Å². The fourth-order valence-corrected chi connectivity index (χ4v) is 3.99. The Kier molecular flexibility index (Phi) is 3.56. The number of carbonyl (C=O) groups excluding carboxylic acids is 1.